The van der Waals surface area contributed by atoms with E-state index in [4.69, 9.17) is 25.6 Å². The third kappa shape index (κ3) is 6.62. The van der Waals surface area contributed by atoms with Crippen LogP contribution in [-0.4, -0.2) is 49.4 Å². The van der Waals surface area contributed by atoms with E-state index in [0.29, 0.717) is 29.5 Å². The van der Waals surface area contributed by atoms with Crippen molar-refractivity contribution in [2.45, 2.75) is 59.1 Å². The average molecular weight is 486 g/mol. The highest BCUT2D eigenvalue weighted by molar-refractivity contribution is 6.65. The Balaban J connectivity index is 1.72. The third-order valence-corrected chi connectivity index (χ3v) is 6.31. The molecule has 2 aromatic rings. The zero-order chi connectivity index (χ0) is 24.7. The van der Waals surface area contributed by atoms with Gasteiger partial charge < -0.3 is 14.0 Å². The van der Waals surface area contributed by atoms with E-state index in [-0.39, 0.29) is 31.1 Å². The van der Waals surface area contributed by atoms with E-state index >= 15 is 0 Å². The molecule has 8 heteroatoms. The largest absolute Gasteiger partial charge is 0.495 e. The summed E-state index contributed by atoms with van der Waals surface area (Å²) < 4.78 is 17.2. The number of nitrogens with zero attached hydrogens (tertiary/aromatic N) is 1. The summed E-state index contributed by atoms with van der Waals surface area (Å²) in [5.41, 5.74) is 2.48. The first-order chi connectivity index (χ1) is 16.3. The van der Waals surface area contributed by atoms with Gasteiger partial charge in [-0.1, -0.05) is 74.8 Å². The fourth-order valence-corrected chi connectivity index (χ4v) is 4.46. The Kier molecular flexibility index (Phi) is 9.57. The Morgan fingerprint density at radius 2 is 1.91 bits per heavy atom. The highest BCUT2D eigenvalue weighted by Crippen LogP contribution is 2.21. The topological polar surface area (TPSA) is 65.1 Å². The normalized spacial score (nSPS) is 16.6. The number of amides is 2. The van der Waals surface area contributed by atoms with Gasteiger partial charge in [-0.15, -0.1) is 0 Å². The highest BCUT2D eigenvalue weighted by atomic mass is 35.5. The molecule has 34 heavy (non-hydrogen) atoms. The van der Waals surface area contributed by atoms with Gasteiger partial charge in [-0.2, -0.15) is 0 Å². The van der Waals surface area contributed by atoms with Gasteiger partial charge in [-0.3, -0.25) is 4.79 Å². The van der Waals surface area contributed by atoms with Crippen molar-refractivity contribution in [2.75, 3.05) is 13.2 Å². The van der Waals surface area contributed by atoms with Crippen LogP contribution in [0.1, 0.15) is 45.2 Å². The van der Waals surface area contributed by atoms with Gasteiger partial charge in [0.1, 0.15) is 6.61 Å². The van der Waals surface area contributed by atoms with Crippen molar-refractivity contribution in [2.24, 2.45) is 5.92 Å². The zero-order valence-corrected chi connectivity index (χ0v) is 21.1. The summed E-state index contributed by atoms with van der Waals surface area (Å²) in [4.78, 5) is 26.6. The average Bonchev–Trinajstić information content (AvgIpc) is 3.17. The van der Waals surface area contributed by atoms with Gasteiger partial charge in [-0.05, 0) is 42.9 Å². The van der Waals surface area contributed by atoms with Crippen LogP contribution in [0.25, 0.3) is 0 Å². The molecule has 0 saturated carbocycles. The molecule has 3 rings (SSSR count). The van der Waals surface area contributed by atoms with Crippen LogP contribution in [0, 0.1) is 5.92 Å². The molecule has 0 aliphatic carbocycles. The molecule has 0 spiro atoms. The summed E-state index contributed by atoms with van der Waals surface area (Å²) in [5, 5.41) is 0.465. The van der Waals surface area contributed by atoms with Gasteiger partial charge in [-0.25, -0.2) is 9.69 Å². The van der Waals surface area contributed by atoms with Crippen LogP contribution >= 0.6 is 11.6 Å². The summed E-state index contributed by atoms with van der Waals surface area (Å²) in [5.74, 6) is 0.0309. The molecule has 1 saturated heterocycles. The summed E-state index contributed by atoms with van der Waals surface area (Å²) in [7, 11) is -0.585. The molecule has 2 unspecified atom stereocenters. The van der Waals surface area contributed by atoms with E-state index in [1.54, 1.807) is 6.07 Å². The molecule has 2 aromatic carbocycles. The van der Waals surface area contributed by atoms with Crippen LogP contribution in [0.15, 0.2) is 48.5 Å². The third-order valence-electron chi connectivity index (χ3n) is 5.98. The minimum Gasteiger partial charge on any atom is -0.447 e. The number of carbonyl (C=O) groups is 2. The first-order valence-corrected chi connectivity index (χ1v) is 12.3. The number of rotatable bonds is 11. The Hall–Kier alpha value is -2.35. The van der Waals surface area contributed by atoms with Crippen molar-refractivity contribution in [1.29, 1.82) is 0 Å². The molecule has 0 N–H and O–H groups in total. The van der Waals surface area contributed by atoms with Crippen LogP contribution in [0.5, 0.6) is 0 Å². The first kappa shape index (κ1) is 26.3. The van der Waals surface area contributed by atoms with E-state index in [9.17, 15) is 9.59 Å². The Bertz CT molecular complexity index is 971. The smallest absolute Gasteiger partial charge is 0.447 e. The van der Waals surface area contributed by atoms with Gasteiger partial charge in [0.25, 0.3) is 0 Å². The van der Waals surface area contributed by atoms with E-state index in [1.165, 1.54) is 4.90 Å². The van der Waals surface area contributed by atoms with Crippen molar-refractivity contribution in [3.05, 3.63) is 64.7 Å². The maximum absolute atomic E-state index is 13.1. The maximum Gasteiger partial charge on any atom is 0.495 e. The summed E-state index contributed by atoms with van der Waals surface area (Å²) in [6.07, 6.45) is 0.903. The Morgan fingerprint density at radius 1 is 1.18 bits per heavy atom. The van der Waals surface area contributed by atoms with E-state index < -0.39 is 13.2 Å². The number of benzene rings is 2. The monoisotopic (exact) mass is 485 g/mol. The van der Waals surface area contributed by atoms with Crippen molar-refractivity contribution in [3.8, 4) is 0 Å². The maximum atomic E-state index is 13.1. The van der Waals surface area contributed by atoms with Crippen LogP contribution in [0.2, 0.25) is 5.02 Å². The van der Waals surface area contributed by atoms with Crippen molar-refractivity contribution in [3.63, 3.8) is 0 Å². The molecular formula is C26H33BClNO5. The van der Waals surface area contributed by atoms with Gasteiger partial charge in [0, 0.05) is 23.2 Å². The molecule has 2 atom stereocenters. The van der Waals surface area contributed by atoms with Crippen LogP contribution in [-0.2, 0) is 31.7 Å². The van der Waals surface area contributed by atoms with E-state index in [2.05, 4.69) is 20.8 Å². The van der Waals surface area contributed by atoms with Gasteiger partial charge in [0.05, 0.1) is 12.5 Å². The van der Waals surface area contributed by atoms with Crippen LogP contribution < -0.4 is 5.46 Å². The second-order valence-corrected chi connectivity index (χ2v) is 9.24. The SMILES string of the molecule is CCOB(OC(CC)C(C)C)c1ccc(CC(=O)N2C(=O)OCC2Cc2ccccc2)cc1Cl. The Labute approximate surface area is 207 Å². The molecule has 1 aliphatic heterocycles. The Morgan fingerprint density at radius 3 is 2.53 bits per heavy atom. The fraction of sp³-hybridized carbons (Fsp3) is 0.462. The summed E-state index contributed by atoms with van der Waals surface area (Å²) in [6.45, 7) is 8.90. The van der Waals surface area contributed by atoms with E-state index in [0.717, 1.165) is 17.4 Å². The zero-order valence-electron chi connectivity index (χ0n) is 20.3. The first-order valence-electron chi connectivity index (χ1n) is 11.9. The summed E-state index contributed by atoms with van der Waals surface area (Å²) >= 11 is 6.60. The molecule has 1 heterocycles. The lowest BCUT2D eigenvalue weighted by atomic mass is 9.77. The van der Waals surface area contributed by atoms with Crippen molar-refractivity contribution < 1.29 is 23.6 Å². The number of hydrogen-bond acceptors (Lipinski definition) is 5. The fourth-order valence-electron chi connectivity index (χ4n) is 4.17. The molecule has 0 aromatic heterocycles. The molecular weight excluding hydrogens is 453 g/mol. The molecule has 0 radical (unpaired) electrons. The standard InChI is InChI=1S/C26H33BClNO5/c1-5-24(18(3)4)34-27(33-6-2)22-13-12-20(15-23(22)28)16-25(30)29-21(17-32-26(29)31)14-19-10-8-7-9-11-19/h7-13,15,18,21,24H,5-6,14,16-17H2,1-4H3. The quantitative estimate of drug-likeness (QED) is 0.433. The number of carbonyl (C=O) groups excluding carboxylic acids is 2. The van der Waals surface area contributed by atoms with Gasteiger partial charge >= 0.3 is 13.2 Å². The number of cyclic esters (lactones) is 1. The predicted octanol–water partition coefficient (Wildman–Crippen LogP) is 4.66. The lowest BCUT2D eigenvalue weighted by molar-refractivity contribution is -0.128. The minimum absolute atomic E-state index is 0.0385. The number of halogens is 1. The van der Waals surface area contributed by atoms with Crippen LogP contribution in [0.4, 0.5) is 4.79 Å². The second-order valence-electron chi connectivity index (χ2n) is 8.83. The van der Waals surface area contributed by atoms with Gasteiger partial charge in [0.2, 0.25) is 5.91 Å². The van der Waals surface area contributed by atoms with Crippen molar-refractivity contribution >= 4 is 36.2 Å². The molecule has 0 bridgehead atoms. The number of hydrogen-bond donors (Lipinski definition) is 0. The number of imide groups is 1. The molecule has 182 valence electrons. The molecule has 1 fully saturated rings. The molecule has 1 aliphatic rings. The van der Waals surface area contributed by atoms with E-state index in [1.807, 2.05) is 49.4 Å². The molecule has 2 amide bonds. The predicted molar refractivity (Wildman–Crippen MR) is 134 cm³/mol. The highest BCUT2D eigenvalue weighted by Gasteiger charge is 2.38. The lowest BCUT2D eigenvalue weighted by Gasteiger charge is -2.25. The number of ether oxygens (including phenoxy) is 1. The van der Waals surface area contributed by atoms with Crippen molar-refractivity contribution in [1.82, 2.24) is 4.90 Å². The van der Waals surface area contributed by atoms with Gasteiger partial charge in [0.15, 0.2) is 0 Å². The second kappa shape index (κ2) is 12.4. The lowest BCUT2D eigenvalue weighted by Crippen LogP contribution is -2.42. The summed E-state index contributed by atoms with van der Waals surface area (Å²) in [6, 6.07) is 14.8. The van der Waals surface area contributed by atoms with Crippen LogP contribution in [0.3, 0.4) is 0 Å². The minimum atomic E-state index is -0.599. The molecule has 6 nitrogen and oxygen atoms in total.